The highest BCUT2D eigenvalue weighted by Crippen LogP contribution is 2.41. The molecule has 0 saturated heterocycles. The van der Waals surface area contributed by atoms with E-state index in [9.17, 15) is 4.39 Å². The van der Waals surface area contributed by atoms with E-state index in [0.29, 0.717) is 6.54 Å². The fourth-order valence-electron chi connectivity index (χ4n) is 1.84. The van der Waals surface area contributed by atoms with Crippen molar-refractivity contribution >= 4 is 0 Å². The molecule has 0 spiro atoms. The number of hydrogen-bond donors (Lipinski definition) is 1. The van der Waals surface area contributed by atoms with Crippen LogP contribution in [0.15, 0.2) is 0 Å². The standard InChI is InChI=1S/C8H16FN/c1-7(9)8(6-10)4-2-3-5-8/h7H,2-6,10H2,1H3. The van der Waals surface area contributed by atoms with E-state index in [1.165, 1.54) is 0 Å². The molecule has 0 aromatic carbocycles. The molecule has 0 heterocycles. The van der Waals surface area contributed by atoms with Crippen LogP contribution < -0.4 is 5.73 Å². The second-order valence-corrected chi connectivity index (χ2v) is 3.39. The first-order valence-electron chi connectivity index (χ1n) is 4.05. The van der Waals surface area contributed by atoms with Gasteiger partial charge in [0.05, 0.1) is 0 Å². The number of halogens is 1. The summed E-state index contributed by atoms with van der Waals surface area (Å²) in [4.78, 5) is 0. The van der Waals surface area contributed by atoms with Gasteiger partial charge in [0.25, 0.3) is 0 Å². The minimum absolute atomic E-state index is 0.153. The Morgan fingerprint density at radius 3 is 2.20 bits per heavy atom. The molecule has 1 atom stereocenters. The van der Waals surface area contributed by atoms with Crippen molar-refractivity contribution in [2.24, 2.45) is 11.1 Å². The van der Waals surface area contributed by atoms with Crippen LogP contribution in [0.25, 0.3) is 0 Å². The van der Waals surface area contributed by atoms with Crippen LogP contribution in [0.2, 0.25) is 0 Å². The summed E-state index contributed by atoms with van der Waals surface area (Å²) < 4.78 is 13.0. The van der Waals surface area contributed by atoms with Crippen molar-refractivity contribution in [3.05, 3.63) is 0 Å². The van der Waals surface area contributed by atoms with Crippen LogP contribution in [0.1, 0.15) is 32.6 Å². The highest BCUT2D eigenvalue weighted by Gasteiger charge is 2.37. The lowest BCUT2D eigenvalue weighted by Gasteiger charge is -2.28. The van der Waals surface area contributed by atoms with Gasteiger partial charge in [0, 0.05) is 12.0 Å². The van der Waals surface area contributed by atoms with Crippen molar-refractivity contribution in [1.82, 2.24) is 0 Å². The van der Waals surface area contributed by atoms with Crippen LogP contribution in [0.3, 0.4) is 0 Å². The van der Waals surface area contributed by atoms with E-state index in [1.54, 1.807) is 6.92 Å². The van der Waals surface area contributed by atoms with Gasteiger partial charge in [-0.2, -0.15) is 0 Å². The van der Waals surface area contributed by atoms with E-state index in [1.807, 2.05) is 0 Å². The number of hydrogen-bond acceptors (Lipinski definition) is 1. The summed E-state index contributed by atoms with van der Waals surface area (Å²) in [5.74, 6) is 0. The fourth-order valence-corrected chi connectivity index (χ4v) is 1.84. The summed E-state index contributed by atoms with van der Waals surface area (Å²) in [7, 11) is 0. The van der Waals surface area contributed by atoms with Gasteiger partial charge in [0.1, 0.15) is 6.17 Å². The van der Waals surface area contributed by atoms with Gasteiger partial charge in [0.15, 0.2) is 0 Å². The molecule has 1 nitrogen and oxygen atoms in total. The van der Waals surface area contributed by atoms with Crippen molar-refractivity contribution in [3.8, 4) is 0 Å². The van der Waals surface area contributed by atoms with Gasteiger partial charge in [-0.15, -0.1) is 0 Å². The highest BCUT2D eigenvalue weighted by atomic mass is 19.1. The molecular formula is C8H16FN. The Labute approximate surface area is 61.8 Å². The Kier molecular flexibility index (Phi) is 2.29. The monoisotopic (exact) mass is 145 g/mol. The van der Waals surface area contributed by atoms with Crippen LogP contribution in [0.4, 0.5) is 4.39 Å². The third-order valence-electron chi connectivity index (χ3n) is 2.85. The summed E-state index contributed by atoms with van der Waals surface area (Å²) in [6.45, 7) is 2.16. The molecule has 1 unspecified atom stereocenters. The highest BCUT2D eigenvalue weighted by molar-refractivity contribution is 4.89. The lowest BCUT2D eigenvalue weighted by Crippen LogP contribution is -2.35. The minimum atomic E-state index is -0.722. The first-order valence-corrected chi connectivity index (χ1v) is 4.05. The Morgan fingerprint density at radius 2 is 2.00 bits per heavy atom. The largest absolute Gasteiger partial charge is 0.330 e. The zero-order valence-electron chi connectivity index (χ0n) is 6.57. The Hall–Kier alpha value is -0.110. The Bertz CT molecular complexity index is 106. The predicted molar refractivity (Wildman–Crippen MR) is 40.5 cm³/mol. The number of alkyl halides is 1. The normalized spacial score (nSPS) is 26.7. The Morgan fingerprint density at radius 1 is 1.50 bits per heavy atom. The van der Waals surface area contributed by atoms with E-state index < -0.39 is 6.17 Å². The van der Waals surface area contributed by atoms with Gasteiger partial charge in [-0.05, 0) is 19.8 Å². The first kappa shape index (κ1) is 7.99. The van der Waals surface area contributed by atoms with Crippen molar-refractivity contribution in [2.45, 2.75) is 38.8 Å². The van der Waals surface area contributed by atoms with Gasteiger partial charge < -0.3 is 5.73 Å². The summed E-state index contributed by atoms with van der Waals surface area (Å²) in [5, 5.41) is 0. The molecule has 60 valence electrons. The number of rotatable bonds is 2. The third kappa shape index (κ3) is 1.17. The summed E-state index contributed by atoms with van der Waals surface area (Å²) >= 11 is 0. The van der Waals surface area contributed by atoms with Gasteiger partial charge in [0.2, 0.25) is 0 Å². The first-order chi connectivity index (χ1) is 4.71. The van der Waals surface area contributed by atoms with E-state index in [4.69, 9.17) is 5.73 Å². The molecule has 0 amide bonds. The minimum Gasteiger partial charge on any atom is -0.330 e. The van der Waals surface area contributed by atoms with Crippen LogP contribution in [0, 0.1) is 5.41 Å². The zero-order valence-corrected chi connectivity index (χ0v) is 6.57. The molecule has 1 saturated carbocycles. The summed E-state index contributed by atoms with van der Waals surface area (Å²) in [5.41, 5.74) is 5.38. The van der Waals surface area contributed by atoms with Crippen LogP contribution in [-0.4, -0.2) is 12.7 Å². The number of nitrogens with two attached hydrogens (primary N) is 1. The van der Waals surface area contributed by atoms with Crippen molar-refractivity contribution < 1.29 is 4.39 Å². The smallest absolute Gasteiger partial charge is 0.104 e. The fraction of sp³-hybridized carbons (Fsp3) is 1.00. The SMILES string of the molecule is CC(F)C1(CN)CCCC1. The predicted octanol–water partition coefficient (Wildman–Crippen LogP) is 1.86. The van der Waals surface area contributed by atoms with Crippen LogP contribution in [-0.2, 0) is 0 Å². The lowest BCUT2D eigenvalue weighted by molar-refractivity contribution is 0.134. The topological polar surface area (TPSA) is 26.0 Å². The molecule has 1 fully saturated rings. The van der Waals surface area contributed by atoms with Gasteiger partial charge in [-0.3, -0.25) is 0 Å². The molecule has 1 rings (SSSR count). The van der Waals surface area contributed by atoms with E-state index in [-0.39, 0.29) is 5.41 Å². The molecule has 0 aromatic heterocycles. The molecule has 0 aliphatic heterocycles. The van der Waals surface area contributed by atoms with Gasteiger partial charge >= 0.3 is 0 Å². The molecule has 10 heavy (non-hydrogen) atoms. The summed E-state index contributed by atoms with van der Waals surface area (Å²) in [6, 6.07) is 0. The molecule has 2 N–H and O–H groups in total. The third-order valence-corrected chi connectivity index (χ3v) is 2.85. The summed E-state index contributed by atoms with van der Waals surface area (Å²) in [6.07, 6.45) is 3.57. The zero-order chi connectivity index (χ0) is 7.61. The van der Waals surface area contributed by atoms with Gasteiger partial charge in [-0.25, -0.2) is 4.39 Å². The molecule has 2 heteroatoms. The lowest BCUT2D eigenvalue weighted by atomic mass is 9.82. The second-order valence-electron chi connectivity index (χ2n) is 3.39. The maximum absolute atomic E-state index is 13.0. The maximum Gasteiger partial charge on any atom is 0.104 e. The van der Waals surface area contributed by atoms with E-state index in [2.05, 4.69) is 0 Å². The molecular weight excluding hydrogens is 129 g/mol. The quantitative estimate of drug-likeness (QED) is 0.630. The van der Waals surface area contributed by atoms with Gasteiger partial charge in [-0.1, -0.05) is 12.8 Å². The Balaban J connectivity index is 2.58. The molecule has 0 aromatic rings. The average molecular weight is 145 g/mol. The van der Waals surface area contributed by atoms with E-state index >= 15 is 0 Å². The molecule has 0 radical (unpaired) electrons. The molecule has 1 aliphatic rings. The average Bonchev–Trinajstić information content (AvgIpc) is 2.35. The molecule has 1 aliphatic carbocycles. The van der Waals surface area contributed by atoms with Crippen molar-refractivity contribution in [1.29, 1.82) is 0 Å². The van der Waals surface area contributed by atoms with E-state index in [0.717, 1.165) is 25.7 Å². The van der Waals surface area contributed by atoms with Crippen LogP contribution >= 0.6 is 0 Å². The molecule has 0 bridgehead atoms. The second kappa shape index (κ2) is 2.87. The maximum atomic E-state index is 13.0. The van der Waals surface area contributed by atoms with Crippen LogP contribution in [0.5, 0.6) is 0 Å². The van der Waals surface area contributed by atoms with Crippen molar-refractivity contribution in [3.63, 3.8) is 0 Å². The van der Waals surface area contributed by atoms with Crippen molar-refractivity contribution in [2.75, 3.05) is 6.54 Å².